The third-order valence-corrected chi connectivity index (χ3v) is 4.41. The summed E-state index contributed by atoms with van der Waals surface area (Å²) in [5, 5.41) is 3.19. The van der Waals surface area contributed by atoms with E-state index in [4.69, 9.17) is 9.47 Å². The maximum atomic E-state index is 12.9. The van der Waals surface area contributed by atoms with Crippen molar-refractivity contribution in [2.24, 2.45) is 0 Å². The van der Waals surface area contributed by atoms with Crippen molar-refractivity contribution in [1.82, 2.24) is 9.55 Å². The van der Waals surface area contributed by atoms with E-state index in [-0.39, 0.29) is 11.0 Å². The van der Waals surface area contributed by atoms with Crippen molar-refractivity contribution in [1.29, 1.82) is 0 Å². The Kier molecular flexibility index (Phi) is 5.63. The van der Waals surface area contributed by atoms with Crippen LogP contribution in [0.1, 0.15) is 29.4 Å². The summed E-state index contributed by atoms with van der Waals surface area (Å²) in [6.07, 6.45) is 2.43. The molecule has 0 aliphatic rings. The highest BCUT2D eigenvalue weighted by Gasteiger charge is 2.17. The number of nitrogens with zero attached hydrogens (tertiary/aromatic N) is 2. The van der Waals surface area contributed by atoms with Gasteiger partial charge in [-0.2, -0.15) is 0 Å². The number of fused-ring (bicyclic) bond motifs is 1. The number of hydrogen-bond donors (Lipinski definition) is 1. The van der Waals surface area contributed by atoms with Gasteiger partial charge in [0.05, 0.1) is 19.6 Å². The summed E-state index contributed by atoms with van der Waals surface area (Å²) in [6, 6.07) is 8.52. The van der Waals surface area contributed by atoms with Crippen LogP contribution < -0.4 is 20.2 Å². The van der Waals surface area contributed by atoms with Gasteiger partial charge in [0.1, 0.15) is 11.2 Å². The van der Waals surface area contributed by atoms with E-state index in [1.165, 1.54) is 14.2 Å². The molecule has 7 heteroatoms. The van der Waals surface area contributed by atoms with Gasteiger partial charge in [0.25, 0.3) is 5.91 Å². The van der Waals surface area contributed by atoms with E-state index >= 15 is 0 Å². The van der Waals surface area contributed by atoms with Crippen molar-refractivity contribution in [3.05, 3.63) is 58.0 Å². The molecule has 28 heavy (non-hydrogen) atoms. The van der Waals surface area contributed by atoms with E-state index in [9.17, 15) is 9.59 Å². The van der Waals surface area contributed by atoms with Crippen molar-refractivity contribution >= 4 is 22.6 Å². The molecule has 0 radical (unpaired) electrons. The lowest BCUT2D eigenvalue weighted by Crippen LogP contribution is -2.24. The van der Waals surface area contributed by atoms with Crippen molar-refractivity contribution in [2.75, 3.05) is 19.5 Å². The molecule has 2 heterocycles. The molecule has 7 nitrogen and oxygen atoms in total. The van der Waals surface area contributed by atoms with E-state index in [0.29, 0.717) is 34.8 Å². The van der Waals surface area contributed by atoms with Crippen LogP contribution in [0.15, 0.2) is 41.3 Å². The zero-order valence-electron chi connectivity index (χ0n) is 16.4. The fraction of sp³-hybridized carbons (Fsp3) is 0.286. The number of anilines is 1. The number of carbonyl (C=O) groups excluding carboxylic acids is 1. The molecule has 0 atom stereocenters. The third-order valence-electron chi connectivity index (χ3n) is 4.41. The lowest BCUT2D eigenvalue weighted by molar-refractivity contribution is 0.102. The van der Waals surface area contributed by atoms with Gasteiger partial charge in [-0.3, -0.25) is 9.59 Å². The Morgan fingerprint density at radius 3 is 2.57 bits per heavy atom. The van der Waals surface area contributed by atoms with E-state index in [2.05, 4.69) is 10.3 Å². The molecule has 3 rings (SSSR count). The van der Waals surface area contributed by atoms with Gasteiger partial charge < -0.3 is 19.4 Å². The predicted octanol–water partition coefficient (Wildman–Crippen LogP) is 3.38. The van der Waals surface area contributed by atoms with Crippen LogP contribution in [0.5, 0.6) is 11.5 Å². The molecule has 0 aliphatic carbocycles. The molecule has 0 saturated heterocycles. The Bertz CT molecular complexity index is 1090. The van der Waals surface area contributed by atoms with Crippen molar-refractivity contribution < 1.29 is 14.3 Å². The van der Waals surface area contributed by atoms with Crippen molar-refractivity contribution in [3.63, 3.8) is 0 Å². The van der Waals surface area contributed by atoms with Crippen LogP contribution in [0.3, 0.4) is 0 Å². The number of benzene rings is 1. The summed E-state index contributed by atoms with van der Waals surface area (Å²) in [5.74, 6) is 0.560. The van der Waals surface area contributed by atoms with Crippen LogP contribution in [-0.4, -0.2) is 29.7 Å². The zero-order chi connectivity index (χ0) is 20.3. The normalized spacial score (nSPS) is 10.7. The average molecular weight is 381 g/mol. The molecular weight excluding hydrogens is 358 g/mol. The summed E-state index contributed by atoms with van der Waals surface area (Å²) < 4.78 is 12.3. The van der Waals surface area contributed by atoms with Crippen LogP contribution in [0, 0.1) is 6.92 Å². The smallest absolute Gasteiger partial charge is 0.261 e. The summed E-state index contributed by atoms with van der Waals surface area (Å²) in [6.45, 7) is 4.56. The van der Waals surface area contributed by atoms with Crippen LogP contribution in [0.4, 0.5) is 5.69 Å². The zero-order valence-corrected chi connectivity index (χ0v) is 16.4. The molecule has 0 saturated carbocycles. The van der Waals surface area contributed by atoms with Crippen LogP contribution in [0.25, 0.3) is 11.0 Å². The van der Waals surface area contributed by atoms with Gasteiger partial charge in [0.2, 0.25) is 5.43 Å². The first-order valence-corrected chi connectivity index (χ1v) is 9.02. The van der Waals surface area contributed by atoms with Gasteiger partial charge in [-0.1, -0.05) is 6.92 Å². The number of methoxy groups -OCH3 is 2. The number of ether oxygens (including phenoxy) is 2. The Labute approximate surface area is 162 Å². The number of aryl methyl sites for hydroxylation is 2. The maximum Gasteiger partial charge on any atom is 0.261 e. The largest absolute Gasteiger partial charge is 0.493 e. The summed E-state index contributed by atoms with van der Waals surface area (Å²) in [5.41, 5.74) is 1.65. The lowest BCUT2D eigenvalue weighted by Gasteiger charge is -2.13. The Morgan fingerprint density at radius 1 is 1.14 bits per heavy atom. The Morgan fingerprint density at radius 2 is 1.89 bits per heavy atom. The summed E-state index contributed by atoms with van der Waals surface area (Å²) in [4.78, 5) is 30.2. The quantitative estimate of drug-likeness (QED) is 0.708. The van der Waals surface area contributed by atoms with Gasteiger partial charge in [0.15, 0.2) is 11.5 Å². The minimum Gasteiger partial charge on any atom is -0.493 e. The minimum atomic E-state index is -0.482. The molecular formula is C21H23N3O4. The molecule has 1 amide bonds. The Balaban J connectivity index is 2.03. The molecule has 0 spiro atoms. The van der Waals surface area contributed by atoms with Gasteiger partial charge >= 0.3 is 0 Å². The highest BCUT2D eigenvalue weighted by molar-refractivity contribution is 6.05. The average Bonchev–Trinajstić information content (AvgIpc) is 2.69. The fourth-order valence-corrected chi connectivity index (χ4v) is 3.05. The van der Waals surface area contributed by atoms with Crippen molar-refractivity contribution in [2.45, 2.75) is 26.8 Å². The topological polar surface area (TPSA) is 82.5 Å². The number of nitrogens with one attached hydrogen (secondary N) is 1. The first-order chi connectivity index (χ1) is 13.5. The molecule has 0 aliphatic heterocycles. The predicted molar refractivity (Wildman–Crippen MR) is 109 cm³/mol. The number of amides is 1. The molecule has 146 valence electrons. The van der Waals surface area contributed by atoms with E-state index in [0.717, 1.165) is 12.1 Å². The van der Waals surface area contributed by atoms with E-state index in [1.54, 1.807) is 36.5 Å². The maximum absolute atomic E-state index is 12.9. The lowest BCUT2D eigenvalue weighted by atomic mass is 10.1. The number of pyridine rings is 2. The number of aromatic nitrogens is 2. The molecule has 0 bridgehead atoms. The summed E-state index contributed by atoms with van der Waals surface area (Å²) >= 11 is 0. The molecule has 1 N–H and O–H groups in total. The van der Waals surface area contributed by atoms with E-state index in [1.807, 2.05) is 18.4 Å². The third kappa shape index (κ3) is 3.69. The second-order valence-electron chi connectivity index (χ2n) is 6.41. The molecule has 0 unspecified atom stereocenters. The van der Waals surface area contributed by atoms with Gasteiger partial charge in [0, 0.05) is 30.2 Å². The van der Waals surface area contributed by atoms with Crippen molar-refractivity contribution in [3.8, 4) is 11.5 Å². The summed E-state index contributed by atoms with van der Waals surface area (Å²) in [7, 11) is 3.06. The molecule has 2 aromatic heterocycles. The first-order valence-electron chi connectivity index (χ1n) is 9.02. The minimum absolute atomic E-state index is 0.0707. The Hall–Kier alpha value is -3.35. The second-order valence-corrected chi connectivity index (χ2v) is 6.41. The van der Waals surface area contributed by atoms with E-state index < -0.39 is 5.91 Å². The van der Waals surface area contributed by atoms with Crippen LogP contribution in [0.2, 0.25) is 0 Å². The van der Waals surface area contributed by atoms with Gasteiger partial charge in [-0.05, 0) is 37.6 Å². The highest BCUT2D eigenvalue weighted by atomic mass is 16.5. The standard InChI is InChI=1S/C21H23N3O4/c1-5-10-24-12-16(19(25)15-8-6-13(2)22-20(15)24)21(26)23-14-7-9-17(27-3)18(11-14)28-4/h6-9,11-12H,5,10H2,1-4H3,(H,23,26). The first kappa shape index (κ1) is 19.4. The number of rotatable bonds is 6. The molecule has 3 aromatic rings. The number of hydrogen-bond acceptors (Lipinski definition) is 5. The molecule has 0 fully saturated rings. The van der Waals surface area contributed by atoms with Gasteiger partial charge in [-0.25, -0.2) is 4.98 Å². The SMILES string of the molecule is CCCn1cc(C(=O)Nc2ccc(OC)c(OC)c2)c(=O)c2ccc(C)nc21. The monoisotopic (exact) mass is 381 g/mol. The second kappa shape index (κ2) is 8.12. The van der Waals surface area contributed by atoms with Crippen LogP contribution >= 0.6 is 0 Å². The fourth-order valence-electron chi connectivity index (χ4n) is 3.05. The highest BCUT2D eigenvalue weighted by Crippen LogP contribution is 2.29. The number of carbonyl (C=O) groups is 1. The van der Waals surface area contributed by atoms with Gasteiger partial charge in [-0.15, -0.1) is 0 Å². The molecule has 1 aromatic carbocycles. The van der Waals surface area contributed by atoms with Crippen LogP contribution in [-0.2, 0) is 6.54 Å².